The van der Waals surface area contributed by atoms with E-state index in [4.69, 9.17) is 4.74 Å². The van der Waals surface area contributed by atoms with Gasteiger partial charge in [-0.1, -0.05) is 30.7 Å². The minimum absolute atomic E-state index is 0.728. The highest BCUT2D eigenvalue weighted by Gasteiger charge is 2.09. The van der Waals surface area contributed by atoms with Crippen LogP contribution in [0.3, 0.4) is 0 Å². The topological polar surface area (TPSA) is 24.5 Å². The second kappa shape index (κ2) is 8.31. The van der Waals surface area contributed by atoms with Crippen molar-refractivity contribution in [1.82, 2.24) is 10.2 Å². The third-order valence-electron chi connectivity index (χ3n) is 3.74. The summed E-state index contributed by atoms with van der Waals surface area (Å²) in [6.45, 7) is 6.05. The van der Waals surface area contributed by atoms with Crippen molar-refractivity contribution in [2.24, 2.45) is 0 Å². The molecule has 1 aromatic carbocycles. The van der Waals surface area contributed by atoms with Gasteiger partial charge < -0.3 is 15.0 Å². The van der Waals surface area contributed by atoms with Crippen molar-refractivity contribution < 1.29 is 4.74 Å². The van der Waals surface area contributed by atoms with Crippen LogP contribution in [0.5, 0.6) is 0 Å². The molecule has 1 aliphatic rings. The lowest BCUT2D eigenvalue weighted by Crippen LogP contribution is -2.32. The number of likely N-dealkylation sites (tertiary alicyclic amines) is 1. The summed E-state index contributed by atoms with van der Waals surface area (Å²) < 4.78 is 5.84. The minimum atomic E-state index is 0.728. The first-order chi connectivity index (χ1) is 9.40. The van der Waals surface area contributed by atoms with Gasteiger partial charge in [-0.2, -0.15) is 0 Å². The van der Waals surface area contributed by atoms with Gasteiger partial charge in [0.25, 0.3) is 0 Å². The Morgan fingerprint density at radius 1 is 1.11 bits per heavy atom. The Bertz CT molecular complexity index is 362. The quantitative estimate of drug-likeness (QED) is 0.764. The second-order valence-corrected chi connectivity index (χ2v) is 5.25. The molecule has 19 heavy (non-hydrogen) atoms. The Balaban J connectivity index is 1.70. The van der Waals surface area contributed by atoms with E-state index in [0.29, 0.717) is 0 Å². The summed E-state index contributed by atoms with van der Waals surface area (Å²) in [4.78, 5) is 2.52. The molecule has 1 N–H and O–H groups in total. The predicted octanol–water partition coefficient (Wildman–Crippen LogP) is 2.41. The highest BCUT2D eigenvalue weighted by molar-refractivity contribution is 5.26. The minimum Gasteiger partial charge on any atom is -0.375 e. The SMILES string of the molecule is CNCc1ccccc1COCCN1CCCCC1. The maximum Gasteiger partial charge on any atom is 0.0720 e. The molecule has 3 nitrogen and oxygen atoms in total. The van der Waals surface area contributed by atoms with Crippen molar-refractivity contribution in [2.75, 3.05) is 33.3 Å². The predicted molar refractivity (Wildman–Crippen MR) is 79.2 cm³/mol. The fourth-order valence-electron chi connectivity index (χ4n) is 2.62. The molecular formula is C16H26N2O. The molecule has 0 amide bonds. The fraction of sp³-hybridized carbons (Fsp3) is 0.625. The Morgan fingerprint density at radius 3 is 2.58 bits per heavy atom. The van der Waals surface area contributed by atoms with Gasteiger partial charge in [0.05, 0.1) is 13.2 Å². The van der Waals surface area contributed by atoms with Crippen LogP contribution in [0.4, 0.5) is 0 Å². The van der Waals surface area contributed by atoms with Crippen LogP contribution in [0, 0.1) is 0 Å². The number of hydrogen-bond acceptors (Lipinski definition) is 3. The first kappa shape index (κ1) is 14.5. The van der Waals surface area contributed by atoms with Gasteiger partial charge >= 0.3 is 0 Å². The Kier molecular flexibility index (Phi) is 6.34. The first-order valence-corrected chi connectivity index (χ1v) is 7.41. The lowest BCUT2D eigenvalue weighted by atomic mass is 10.1. The van der Waals surface area contributed by atoms with Crippen molar-refractivity contribution in [3.8, 4) is 0 Å². The number of benzene rings is 1. The maximum absolute atomic E-state index is 5.84. The molecule has 3 heteroatoms. The summed E-state index contributed by atoms with van der Waals surface area (Å²) in [7, 11) is 1.98. The first-order valence-electron chi connectivity index (χ1n) is 7.41. The summed E-state index contributed by atoms with van der Waals surface area (Å²) in [5.41, 5.74) is 2.64. The van der Waals surface area contributed by atoms with Gasteiger partial charge in [0.1, 0.15) is 0 Å². The molecule has 1 aromatic rings. The lowest BCUT2D eigenvalue weighted by Gasteiger charge is -2.26. The van der Waals surface area contributed by atoms with Gasteiger partial charge in [-0.05, 0) is 44.1 Å². The van der Waals surface area contributed by atoms with E-state index in [9.17, 15) is 0 Å². The van der Waals surface area contributed by atoms with Crippen molar-refractivity contribution in [3.63, 3.8) is 0 Å². The van der Waals surface area contributed by atoms with E-state index >= 15 is 0 Å². The van der Waals surface area contributed by atoms with Gasteiger partial charge in [-0.15, -0.1) is 0 Å². The molecule has 106 valence electrons. The van der Waals surface area contributed by atoms with Crippen molar-refractivity contribution >= 4 is 0 Å². The molecule has 0 radical (unpaired) electrons. The molecule has 0 atom stereocenters. The van der Waals surface area contributed by atoms with E-state index in [1.54, 1.807) is 0 Å². The molecule has 1 heterocycles. The average molecular weight is 262 g/mol. The zero-order chi connectivity index (χ0) is 13.3. The van der Waals surface area contributed by atoms with Crippen LogP contribution in [0.25, 0.3) is 0 Å². The molecule has 1 saturated heterocycles. The number of ether oxygens (including phenoxy) is 1. The smallest absolute Gasteiger partial charge is 0.0720 e. The Hall–Kier alpha value is -0.900. The third kappa shape index (κ3) is 4.94. The van der Waals surface area contributed by atoms with Crippen LogP contribution in [-0.2, 0) is 17.9 Å². The van der Waals surface area contributed by atoms with Gasteiger partial charge in [-0.25, -0.2) is 0 Å². The summed E-state index contributed by atoms with van der Waals surface area (Å²) >= 11 is 0. The average Bonchev–Trinajstić information content (AvgIpc) is 2.47. The number of piperidine rings is 1. The van der Waals surface area contributed by atoms with Crippen LogP contribution in [-0.4, -0.2) is 38.2 Å². The van der Waals surface area contributed by atoms with Gasteiger partial charge in [0.2, 0.25) is 0 Å². The molecule has 0 bridgehead atoms. The van der Waals surface area contributed by atoms with Crippen LogP contribution in [0.15, 0.2) is 24.3 Å². The van der Waals surface area contributed by atoms with Crippen LogP contribution < -0.4 is 5.32 Å². The fourth-order valence-corrected chi connectivity index (χ4v) is 2.62. The Labute approximate surface area is 116 Å². The van der Waals surface area contributed by atoms with E-state index < -0.39 is 0 Å². The van der Waals surface area contributed by atoms with Crippen LogP contribution >= 0.6 is 0 Å². The molecule has 0 spiro atoms. The molecular weight excluding hydrogens is 236 g/mol. The molecule has 1 fully saturated rings. The molecule has 1 aliphatic heterocycles. The van der Waals surface area contributed by atoms with Crippen molar-refractivity contribution in [3.05, 3.63) is 35.4 Å². The number of nitrogens with one attached hydrogen (secondary N) is 1. The molecule has 0 saturated carbocycles. The van der Waals surface area contributed by atoms with Crippen LogP contribution in [0.1, 0.15) is 30.4 Å². The maximum atomic E-state index is 5.84. The standard InChI is InChI=1S/C16H26N2O/c1-17-13-15-7-3-4-8-16(15)14-19-12-11-18-9-5-2-6-10-18/h3-4,7-8,17H,2,5-6,9-14H2,1H3. The summed E-state index contributed by atoms with van der Waals surface area (Å²) in [5.74, 6) is 0. The largest absolute Gasteiger partial charge is 0.375 e. The van der Waals surface area contributed by atoms with Gasteiger partial charge in [-0.3, -0.25) is 0 Å². The highest BCUT2D eigenvalue weighted by Crippen LogP contribution is 2.11. The van der Waals surface area contributed by atoms with Gasteiger partial charge in [0.15, 0.2) is 0 Å². The summed E-state index contributed by atoms with van der Waals surface area (Å²) in [6.07, 6.45) is 4.10. The van der Waals surface area contributed by atoms with Crippen LogP contribution in [0.2, 0.25) is 0 Å². The third-order valence-corrected chi connectivity index (χ3v) is 3.74. The van der Waals surface area contributed by atoms with E-state index in [-0.39, 0.29) is 0 Å². The molecule has 2 rings (SSSR count). The number of hydrogen-bond donors (Lipinski definition) is 1. The lowest BCUT2D eigenvalue weighted by molar-refractivity contribution is 0.0859. The van der Waals surface area contributed by atoms with Crippen molar-refractivity contribution in [2.45, 2.75) is 32.4 Å². The normalized spacial score (nSPS) is 16.7. The molecule has 0 unspecified atom stereocenters. The second-order valence-electron chi connectivity index (χ2n) is 5.25. The number of nitrogens with zero attached hydrogens (tertiary/aromatic N) is 1. The summed E-state index contributed by atoms with van der Waals surface area (Å²) in [5, 5.41) is 3.20. The van der Waals surface area contributed by atoms with E-state index in [1.807, 2.05) is 7.05 Å². The number of rotatable bonds is 7. The van der Waals surface area contributed by atoms with E-state index in [0.717, 1.165) is 26.3 Å². The summed E-state index contributed by atoms with van der Waals surface area (Å²) in [6, 6.07) is 8.50. The Morgan fingerprint density at radius 2 is 1.84 bits per heavy atom. The van der Waals surface area contributed by atoms with E-state index in [2.05, 4.69) is 34.5 Å². The molecule has 0 aromatic heterocycles. The zero-order valence-corrected chi connectivity index (χ0v) is 12.0. The van der Waals surface area contributed by atoms with Gasteiger partial charge in [0, 0.05) is 13.1 Å². The highest BCUT2D eigenvalue weighted by atomic mass is 16.5. The monoisotopic (exact) mass is 262 g/mol. The van der Waals surface area contributed by atoms with Crippen molar-refractivity contribution in [1.29, 1.82) is 0 Å². The molecule has 0 aliphatic carbocycles. The van der Waals surface area contributed by atoms with E-state index in [1.165, 1.54) is 43.5 Å². The zero-order valence-electron chi connectivity index (χ0n) is 12.0.